The van der Waals surface area contributed by atoms with Crippen LogP contribution < -0.4 is 0 Å². The van der Waals surface area contributed by atoms with Gasteiger partial charge in [-0.15, -0.1) is 0 Å². The minimum atomic E-state index is -0.0388. The molecule has 1 aliphatic heterocycles. The molecule has 136 valence electrons. The molecule has 1 aliphatic rings. The Morgan fingerprint density at radius 2 is 1.46 bits per heavy atom. The lowest BCUT2D eigenvalue weighted by atomic mass is 9.82. The third-order valence-corrected chi connectivity index (χ3v) is 4.60. The smallest absolute Gasteiger partial charge is 0.284 e. The molecule has 1 heterocycles. The molecule has 0 radical (unpaired) electrons. The number of hydrogen-bond acceptors (Lipinski definition) is 2. The summed E-state index contributed by atoms with van der Waals surface area (Å²) in [7, 11) is 0. The van der Waals surface area contributed by atoms with Crippen LogP contribution in [0.5, 0.6) is 0 Å². The fourth-order valence-corrected chi connectivity index (χ4v) is 3.33. The van der Waals surface area contributed by atoms with Gasteiger partial charge in [0.05, 0.1) is 6.61 Å². The fraction of sp³-hybridized carbons (Fsp3) is 0.333. The summed E-state index contributed by atoms with van der Waals surface area (Å²) >= 11 is 0. The van der Waals surface area contributed by atoms with Crippen LogP contribution >= 0.6 is 0 Å². The third-order valence-electron chi connectivity index (χ3n) is 4.60. The van der Waals surface area contributed by atoms with E-state index in [1.54, 1.807) is 0 Å². The van der Waals surface area contributed by atoms with E-state index in [1.165, 1.54) is 16.7 Å². The molecular formula is C24H28O2. The van der Waals surface area contributed by atoms with E-state index < -0.39 is 0 Å². The molecule has 0 bridgehead atoms. The molecule has 0 aromatic heterocycles. The lowest BCUT2D eigenvalue weighted by molar-refractivity contribution is 0.0452. The largest absolute Gasteiger partial charge is 0.465 e. The van der Waals surface area contributed by atoms with E-state index >= 15 is 0 Å². The second kappa shape index (κ2) is 7.82. The van der Waals surface area contributed by atoms with Gasteiger partial charge in [-0.3, -0.25) is 0 Å². The Kier molecular flexibility index (Phi) is 5.51. The summed E-state index contributed by atoms with van der Waals surface area (Å²) < 4.78 is 12.2. The molecule has 2 heteroatoms. The van der Waals surface area contributed by atoms with Gasteiger partial charge in [0, 0.05) is 16.9 Å². The van der Waals surface area contributed by atoms with Crippen molar-refractivity contribution >= 4 is 0 Å². The quantitative estimate of drug-likeness (QED) is 0.621. The van der Waals surface area contributed by atoms with Gasteiger partial charge in [-0.25, -0.2) is 0 Å². The van der Waals surface area contributed by atoms with Crippen LogP contribution in [0.3, 0.4) is 0 Å². The van der Waals surface area contributed by atoms with E-state index in [2.05, 4.69) is 87.5 Å². The number of benzene rings is 2. The molecule has 0 unspecified atom stereocenters. The minimum Gasteiger partial charge on any atom is -0.465 e. The van der Waals surface area contributed by atoms with Gasteiger partial charge >= 0.3 is 0 Å². The summed E-state index contributed by atoms with van der Waals surface area (Å²) in [6.45, 7) is 9.09. The summed E-state index contributed by atoms with van der Waals surface area (Å²) in [5, 5.41) is 0. The lowest BCUT2D eigenvalue weighted by Crippen LogP contribution is -2.20. The average molecular weight is 348 g/mol. The summed E-state index contributed by atoms with van der Waals surface area (Å²) in [5.41, 5.74) is 3.64. The predicted octanol–water partition coefficient (Wildman–Crippen LogP) is 6.42. The number of ether oxygens (including phenoxy) is 2. The van der Waals surface area contributed by atoms with E-state index in [1.807, 2.05) is 6.92 Å². The Bertz CT molecular complexity index is 740. The highest BCUT2D eigenvalue weighted by Gasteiger charge is 2.30. The van der Waals surface area contributed by atoms with Crippen LogP contribution in [0.1, 0.15) is 51.2 Å². The molecule has 3 rings (SSSR count). The Hall–Kier alpha value is -2.48. The number of allylic oxidation sites excluding steroid dienone is 3. The molecule has 0 saturated carbocycles. The molecule has 0 fully saturated rings. The topological polar surface area (TPSA) is 18.5 Å². The number of rotatable bonds is 5. The van der Waals surface area contributed by atoms with E-state index in [0.717, 1.165) is 12.2 Å². The van der Waals surface area contributed by atoms with E-state index in [4.69, 9.17) is 9.47 Å². The van der Waals surface area contributed by atoms with Crippen molar-refractivity contribution in [2.24, 2.45) is 5.41 Å². The molecule has 2 aromatic carbocycles. The van der Waals surface area contributed by atoms with Crippen molar-refractivity contribution < 1.29 is 9.47 Å². The first-order valence-corrected chi connectivity index (χ1v) is 9.35. The molecular weight excluding hydrogens is 320 g/mol. The van der Waals surface area contributed by atoms with Gasteiger partial charge < -0.3 is 9.47 Å². The second-order valence-electron chi connectivity index (χ2n) is 7.62. The highest BCUT2D eigenvalue weighted by Crippen LogP contribution is 2.41. The SMILES string of the molecule is CCOC1=C(C(c2ccccc2)c2ccccc2)CC=C(C(C)(C)C)O1. The molecule has 0 aliphatic carbocycles. The molecule has 26 heavy (non-hydrogen) atoms. The molecule has 0 saturated heterocycles. The van der Waals surface area contributed by atoms with Crippen LogP contribution in [0.25, 0.3) is 0 Å². The lowest BCUT2D eigenvalue weighted by Gasteiger charge is -2.31. The summed E-state index contributed by atoms with van der Waals surface area (Å²) in [4.78, 5) is 0. The van der Waals surface area contributed by atoms with Gasteiger partial charge in [-0.1, -0.05) is 81.4 Å². The first-order chi connectivity index (χ1) is 12.5. The van der Waals surface area contributed by atoms with Crippen LogP contribution in [0, 0.1) is 5.41 Å². The van der Waals surface area contributed by atoms with Gasteiger partial charge in [-0.2, -0.15) is 0 Å². The first kappa shape index (κ1) is 18.3. The normalized spacial score (nSPS) is 14.9. The van der Waals surface area contributed by atoms with Crippen LogP contribution in [0.4, 0.5) is 0 Å². The maximum atomic E-state index is 6.25. The zero-order valence-corrected chi connectivity index (χ0v) is 16.2. The van der Waals surface area contributed by atoms with Crippen molar-refractivity contribution in [3.63, 3.8) is 0 Å². The number of hydrogen-bond donors (Lipinski definition) is 0. The summed E-state index contributed by atoms with van der Waals surface area (Å²) in [6, 6.07) is 21.2. The Morgan fingerprint density at radius 1 is 0.923 bits per heavy atom. The van der Waals surface area contributed by atoms with Crippen LogP contribution in [-0.4, -0.2) is 6.61 Å². The van der Waals surface area contributed by atoms with E-state index in [-0.39, 0.29) is 11.3 Å². The van der Waals surface area contributed by atoms with E-state index in [0.29, 0.717) is 12.6 Å². The van der Waals surface area contributed by atoms with Gasteiger partial charge in [0.2, 0.25) is 0 Å². The Balaban J connectivity index is 2.07. The zero-order valence-electron chi connectivity index (χ0n) is 16.2. The first-order valence-electron chi connectivity index (χ1n) is 9.35. The molecule has 0 atom stereocenters. The summed E-state index contributed by atoms with van der Waals surface area (Å²) in [5.74, 6) is 1.76. The minimum absolute atomic E-state index is 0.0388. The van der Waals surface area contributed by atoms with Crippen molar-refractivity contribution in [1.29, 1.82) is 0 Å². The van der Waals surface area contributed by atoms with Crippen molar-refractivity contribution in [3.05, 3.63) is 95.1 Å². The van der Waals surface area contributed by atoms with Gasteiger partial charge in [0.1, 0.15) is 5.76 Å². The van der Waals surface area contributed by atoms with Crippen molar-refractivity contribution in [1.82, 2.24) is 0 Å². The van der Waals surface area contributed by atoms with Gasteiger partial charge in [0.25, 0.3) is 5.95 Å². The van der Waals surface area contributed by atoms with Crippen molar-refractivity contribution in [2.75, 3.05) is 6.61 Å². The predicted molar refractivity (Wildman–Crippen MR) is 107 cm³/mol. The zero-order chi connectivity index (χ0) is 18.6. The van der Waals surface area contributed by atoms with Crippen LogP contribution in [0.2, 0.25) is 0 Å². The Morgan fingerprint density at radius 3 is 1.92 bits per heavy atom. The molecule has 2 nitrogen and oxygen atoms in total. The summed E-state index contributed by atoms with van der Waals surface area (Å²) in [6.07, 6.45) is 3.03. The third kappa shape index (κ3) is 4.01. The van der Waals surface area contributed by atoms with Crippen molar-refractivity contribution in [3.8, 4) is 0 Å². The molecule has 0 amide bonds. The van der Waals surface area contributed by atoms with Gasteiger partial charge in [-0.05, 0) is 30.5 Å². The highest BCUT2D eigenvalue weighted by atomic mass is 16.7. The molecule has 2 aromatic rings. The standard InChI is InChI=1S/C24H28O2/c1-5-25-23-20(16-17-21(26-23)24(2,3)4)22(18-12-8-6-9-13-18)19-14-10-7-11-15-19/h6-15,17,22H,5,16H2,1-4H3. The van der Waals surface area contributed by atoms with Crippen molar-refractivity contribution in [2.45, 2.75) is 40.0 Å². The van der Waals surface area contributed by atoms with E-state index in [9.17, 15) is 0 Å². The fourth-order valence-electron chi connectivity index (χ4n) is 3.33. The Labute approximate surface area is 157 Å². The molecule has 0 spiro atoms. The monoisotopic (exact) mass is 348 g/mol. The molecule has 0 N–H and O–H groups in total. The van der Waals surface area contributed by atoms with Crippen LogP contribution in [0.15, 0.2) is 84.0 Å². The maximum absolute atomic E-state index is 6.25. The maximum Gasteiger partial charge on any atom is 0.284 e. The van der Waals surface area contributed by atoms with Crippen LogP contribution in [-0.2, 0) is 9.47 Å². The van der Waals surface area contributed by atoms with Gasteiger partial charge in [0.15, 0.2) is 0 Å². The second-order valence-corrected chi connectivity index (χ2v) is 7.62. The highest BCUT2D eigenvalue weighted by molar-refractivity contribution is 5.43. The average Bonchev–Trinajstić information content (AvgIpc) is 2.64.